The van der Waals surface area contributed by atoms with Crippen LogP contribution in [0, 0.1) is 6.92 Å². The number of carbonyl (C=O) groups excluding carboxylic acids is 1. The van der Waals surface area contributed by atoms with E-state index in [0.717, 1.165) is 5.56 Å². The predicted molar refractivity (Wildman–Crippen MR) is 80.5 cm³/mol. The maximum absolute atomic E-state index is 12.9. The van der Waals surface area contributed by atoms with Crippen LogP contribution in [-0.4, -0.2) is 31.0 Å². The Morgan fingerprint density at radius 2 is 2.14 bits per heavy atom. The predicted octanol–water partition coefficient (Wildman–Crippen LogP) is 2.55. The summed E-state index contributed by atoms with van der Waals surface area (Å²) in [6.45, 7) is 1.64. The monoisotopic (exact) mass is 342 g/mol. The zero-order valence-corrected chi connectivity index (χ0v) is 13.2. The molecular weight excluding hydrogens is 325 g/mol. The first-order valence-corrected chi connectivity index (χ1v) is 6.41. The van der Waals surface area contributed by atoms with Crippen molar-refractivity contribution >= 4 is 29.9 Å². The van der Waals surface area contributed by atoms with Crippen LogP contribution in [0.2, 0.25) is 5.02 Å². The Hall–Kier alpha value is -1.11. The maximum Gasteiger partial charge on any atom is 0.277 e. The minimum atomic E-state index is -3.12. The first-order chi connectivity index (χ1) is 9.25. The lowest BCUT2D eigenvalue weighted by atomic mass is 10.2. The first-order valence-electron chi connectivity index (χ1n) is 6.03. The zero-order chi connectivity index (χ0) is 15.3. The number of nitrogens with one attached hydrogen (secondary N) is 1. The molecule has 1 amide bonds. The van der Waals surface area contributed by atoms with Crippen LogP contribution >= 0.6 is 24.0 Å². The minimum Gasteiger partial charge on any atom is -0.481 e. The molecule has 0 aliphatic rings. The average Bonchev–Trinajstić information content (AvgIpc) is 2.40. The highest BCUT2D eigenvalue weighted by Gasteiger charge is 2.28. The van der Waals surface area contributed by atoms with E-state index in [1.54, 1.807) is 25.1 Å². The van der Waals surface area contributed by atoms with Crippen molar-refractivity contribution in [2.45, 2.75) is 25.9 Å². The highest BCUT2D eigenvalue weighted by Crippen LogP contribution is 2.21. The van der Waals surface area contributed by atoms with Gasteiger partial charge in [0.25, 0.3) is 11.8 Å². The molecule has 120 valence electrons. The number of nitrogens with two attached hydrogens (primary N) is 1. The summed E-state index contributed by atoms with van der Waals surface area (Å²) in [5, 5.41) is 2.68. The summed E-state index contributed by atoms with van der Waals surface area (Å²) in [6, 6.07) is 4.91. The van der Waals surface area contributed by atoms with Crippen LogP contribution in [0.15, 0.2) is 18.2 Å². The third-order valence-corrected chi connectivity index (χ3v) is 3.06. The van der Waals surface area contributed by atoms with Gasteiger partial charge in [0.05, 0.1) is 13.1 Å². The summed E-state index contributed by atoms with van der Waals surface area (Å²) in [7, 11) is 0. The van der Waals surface area contributed by atoms with Gasteiger partial charge in [0.15, 0.2) is 6.10 Å². The van der Waals surface area contributed by atoms with Gasteiger partial charge in [-0.05, 0) is 37.6 Å². The van der Waals surface area contributed by atoms with Gasteiger partial charge in [0.1, 0.15) is 5.75 Å². The first kappa shape index (κ1) is 19.9. The molecule has 0 aliphatic heterocycles. The number of halogens is 4. The van der Waals surface area contributed by atoms with Crippen molar-refractivity contribution in [3.05, 3.63) is 28.8 Å². The van der Waals surface area contributed by atoms with Crippen LogP contribution in [0.1, 0.15) is 12.5 Å². The largest absolute Gasteiger partial charge is 0.481 e. The second-order valence-electron chi connectivity index (χ2n) is 4.45. The Bertz CT molecular complexity index is 487. The normalized spacial score (nSPS) is 12.3. The molecule has 0 spiro atoms. The van der Waals surface area contributed by atoms with Crippen molar-refractivity contribution in [1.82, 2.24) is 5.32 Å². The van der Waals surface area contributed by atoms with Crippen molar-refractivity contribution in [3.63, 3.8) is 0 Å². The summed E-state index contributed by atoms with van der Waals surface area (Å²) in [5.74, 6) is -3.31. The van der Waals surface area contributed by atoms with Crippen molar-refractivity contribution in [1.29, 1.82) is 0 Å². The SMILES string of the molecule is Cc1cc(OC(C)C(=O)NCC(F)(F)CN)ccc1Cl.Cl. The number of benzene rings is 1. The van der Waals surface area contributed by atoms with Gasteiger partial charge in [-0.15, -0.1) is 12.4 Å². The number of aryl methyl sites for hydroxylation is 1. The van der Waals surface area contributed by atoms with E-state index in [9.17, 15) is 13.6 Å². The lowest BCUT2D eigenvalue weighted by Gasteiger charge is -2.18. The van der Waals surface area contributed by atoms with Crippen LogP contribution in [0.5, 0.6) is 5.75 Å². The lowest BCUT2D eigenvalue weighted by molar-refractivity contribution is -0.129. The molecule has 0 heterocycles. The number of ether oxygens (including phenoxy) is 1. The molecule has 3 N–H and O–H groups in total. The Labute approximate surface area is 133 Å². The van der Waals surface area contributed by atoms with Gasteiger partial charge in [-0.1, -0.05) is 11.6 Å². The topological polar surface area (TPSA) is 64.3 Å². The van der Waals surface area contributed by atoms with Gasteiger partial charge in [0, 0.05) is 5.02 Å². The van der Waals surface area contributed by atoms with Crippen LogP contribution in [0.4, 0.5) is 8.78 Å². The van der Waals surface area contributed by atoms with E-state index in [2.05, 4.69) is 5.32 Å². The van der Waals surface area contributed by atoms with Crippen LogP contribution in [0.25, 0.3) is 0 Å². The third-order valence-electron chi connectivity index (χ3n) is 2.63. The summed E-state index contributed by atoms with van der Waals surface area (Å²) in [4.78, 5) is 11.6. The molecule has 0 fully saturated rings. The van der Waals surface area contributed by atoms with E-state index < -0.39 is 31.0 Å². The minimum absolute atomic E-state index is 0. The fourth-order valence-electron chi connectivity index (χ4n) is 1.38. The molecule has 0 bridgehead atoms. The molecule has 1 unspecified atom stereocenters. The van der Waals surface area contributed by atoms with E-state index in [1.807, 2.05) is 0 Å². The van der Waals surface area contributed by atoms with Gasteiger partial charge < -0.3 is 15.8 Å². The van der Waals surface area contributed by atoms with Crippen molar-refractivity contribution in [3.8, 4) is 5.75 Å². The van der Waals surface area contributed by atoms with Crippen LogP contribution < -0.4 is 15.8 Å². The van der Waals surface area contributed by atoms with Gasteiger partial charge in [-0.25, -0.2) is 8.78 Å². The molecule has 4 nitrogen and oxygen atoms in total. The smallest absolute Gasteiger partial charge is 0.277 e. The van der Waals surface area contributed by atoms with Gasteiger partial charge in [-0.3, -0.25) is 4.79 Å². The standard InChI is InChI=1S/C13H17ClF2N2O2.ClH/c1-8-5-10(3-4-11(8)14)20-9(2)12(19)18-7-13(15,16)6-17;/h3-5,9H,6-7,17H2,1-2H3,(H,18,19);1H. The Morgan fingerprint density at radius 1 is 1.52 bits per heavy atom. The second-order valence-corrected chi connectivity index (χ2v) is 4.86. The van der Waals surface area contributed by atoms with E-state index in [4.69, 9.17) is 22.1 Å². The molecule has 0 saturated carbocycles. The molecule has 0 aromatic heterocycles. The maximum atomic E-state index is 12.9. The van der Waals surface area contributed by atoms with Gasteiger partial charge in [0.2, 0.25) is 0 Å². The molecule has 1 atom stereocenters. The fraction of sp³-hybridized carbons (Fsp3) is 0.462. The number of carbonyl (C=O) groups is 1. The molecule has 0 saturated heterocycles. The molecule has 1 aromatic rings. The van der Waals surface area contributed by atoms with E-state index in [-0.39, 0.29) is 12.4 Å². The van der Waals surface area contributed by atoms with E-state index in [1.165, 1.54) is 6.92 Å². The Balaban J connectivity index is 0.00000400. The molecule has 1 aromatic carbocycles. The highest BCUT2D eigenvalue weighted by atomic mass is 35.5. The zero-order valence-electron chi connectivity index (χ0n) is 11.7. The summed E-state index contributed by atoms with van der Waals surface area (Å²) in [6.07, 6.45) is -0.899. The van der Waals surface area contributed by atoms with E-state index >= 15 is 0 Å². The summed E-state index contributed by atoms with van der Waals surface area (Å²) < 4.78 is 31.2. The number of hydrogen-bond acceptors (Lipinski definition) is 3. The molecular formula is C13H18Cl2F2N2O2. The molecule has 21 heavy (non-hydrogen) atoms. The number of rotatable bonds is 6. The molecule has 1 rings (SSSR count). The lowest BCUT2D eigenvalue weighted by Crippen LogP contribution is -2.45. The number of hydrogen-bond donors (Lipinski definition) is 2. The molecule has 0 radical (unpaired) electrons. The highest BCUT2D eigenvalue weighted by molar-refractivity contribution is 6.31. The third kappa shape index (κ3) is 6.46. The fourth-order valence-corrected chi connectivity index (χ4v) is 1.50. The van der Waals surface area contributed by atoms with E-state index in [0.29, 0.717) is 10.8 Å². The number of alkyl halides is 2. The van der Waals surface area contributed by atoms with Gasteiger partial charge >= 0.3 is 0 Å². The van der Waals surface area contributed by atoms with Crippen LogP contribution in [0.3, 0.4) is 0 Å². The van der Waals surface area contributed by atoms with Crippen molar-refractivity contribution < 1.29 is 18.3 Å². The van der Waals surface area contributed by atoms with Gasteiger partial charge in [-0.2, -0.15) is 0 Å². The average molecular weight is 343 g/mol. The quantitative estimate of drug-likeness (QED) is 0.834. The summed E-state index contributed by atoms with van der Waals surface area (Å²) in [5.41, 5.74) is 5.68. The van der Waals surface area contributed by atoms with Crippen molar-refractivity contribution in [2.75, 3.05) is 13.1 Å². The molecule has 0 aliphatic carbocycles. The molecule has 8 heteroatoms. The summed E-state index contributed by atoms with van der Waals surface area (Å²) >= 11 is 5.87. The Kier molecular flexibility index (Phi) is 7.92. The number of amides is 1. The van der Waals surface area contributed by atoms with Crippen LogP contribution in [-0.2, 0) is 4.79 Å². The Morgan fingerprint density at radius 3 is 2.67 bits per heavy atom. The second kappa shape index (κ2) is 8.36. The van der Waals surface area contributed by atoms with Crippen molar-refractivity contribution in [2.24, 2.45) is 5.73 Å².